The van der Waals surface area contributed by atoms with Gasteiger partial charge in [-0.1, -0.05) is 35.3 Å². The number of benzene rings is 2. The van der Waals surface area contributed by atoms with Crippen LogP contribution in [0.25, 0.3) is 0 Å². The van der Waals surface area contributed by atoms with E-state index in [0.29, 0.717) is 31.8 Å². The number of nitrogens with one attached hydrogen (secondary N) is 2. The van der Waals surface area contributed by atoms with E-state index in [0.717, 1.165) is 11.1 Å². The number of nitriles is 1. The van der Waals surface area contributed by atoms with E-state index < -0.39 is 18.1 Å². The third kappa shape index (κ3) is 4.98. The fourth-order valence-electron chi connectivity index (χ4n) is 4.78. The van der Waals surface area contributed by atoms with Crippen molar-refractivity contribution in [3.8, 4) is 17.6 Å². The van der Waals surface area contributed by atoms with E-state index in [1.807, 2.05) is 13.0 Å². The maximum Gasteiger partial charge on any atom is 0.353 e. The number of hydrogen-bond acceptors (Lipinski definition) is 9. The van der Waals surface area contributed by atoms with Crippen LogP contribution in [0.4, 0.5) is 0 Å². The standard InChI is InChI=1S/C26H21BrCl2N4O4S/c1-2-35-18-9-12(8-16(27)23(18)36-26(34)19-4-3-7-38-19)20-15(11-30)24(31)37-25-21(20)22(32-33-25)14-6-5-13(28)10-17(14)29/h3-10,20-22,25,32-33H,2,31H2,1H3. The topological polar surface area (TPSA) is 119 Å². The van der Waals surface area contributed by atoms with Crippen molar-refractivity contribution >= 4 is 56.4 Å². The zero-order valence-electron chi connectivity index (χ0n) is 19.8. The summed E-state index contributed by atoms with van der Waals surface area (Å²) in [5.74, 6) is -0.733. The van der Waals surface area contributed by atoms with E-state index in [4.69, 9.17) is 43.1 Å². The second-order valence-electron chi connectivity index (χ2n) is 8.55. The van der Waals surface area contributed by atoms with Crippen LogP contribution in [0.3, 0.4) is 0 Å². The number of hydrogen-bond donors (Lipinski definition) is 3. The van der Waals surface area contributed by atoms with Gasteiger partial charge in [0.15, 0.2) is 17.7 Å². The molecule has 38 heavy (non-hydrogen) atoms. The monoisotopic (exact) mass is 634 g/mol. The van der Waals surface area contributed by atoms with E-state index in [1.54, 1.807) is 41.8 Å². The van der Waals surface area contributed by atoms with Crippen molar-refractivity contribution in [1.82, 2.24) is 10.9 Å². The number of esters is 1. The summed E-state index contributed by atoms with van der Waals surface area (Å²) in [5.41, 5.74) is 14.3. The van der Waals surface area contributed by atoms with Crippen molar-refractivity contribution in [3.63, 3.8) is 0 Å². The van der Waals surface area contributed by atoms with Crippen LogP contribution < -0.4 is 26.1 Å². The summed E-state index contributed by atoms with van der Waals surface area (Å²) in [6.07, 6.45) is -0.556. The molecule has 2 aromatic carbocycles. The first kappa shape index (κ1) is 26.8. The maximum atomic E-state index is 12.7. The van der Waals surface area contributed by atoms with Gasteiger partial charge >= 0.3 is 5.97 Å². The van der Waals surface area contributed by atoms with E-state index in [2.05, 4.69) is 32.9 Å². The van der Waals surface area contributed by atoms with Crippen molar-refractivity contribution in [2.75, 3.05) is 6.61 Å². The molecular weight excluding hydrogens is 615 g/mol. The number of thiophene rings is 1. The third-order valence-electron chi connectivity index (χ3n) is 6.36. The molecule has 0 aliphatic carbocycles. The number of halogens is 3. The summed E-state index contributed by atoms with van der Waals surface area (Å²) in [5, 5.41) is 12.9. The Morgan fingerprint density at radius 2 is 2.08 bits per heavy atom. The molecule has 196 valence electrons. The SMILES string of the molecule is CCOc1cc(C2C(C#N)=C(N)OC3NNC(c4ccc(Cl)cc4Cl)C32)cc(Br)c1OC(=O)c1cccs1. The molecular formula is C26H21BrCl2N4O4S. The van der Waals surface area contributed by atoms with Crippen LogP contribution in [0, 0.1) is 17.2 Å². The van der Waals surface area contributed by atoms with Gasteiger partial charge in [0.1, 0.15) is 10.9 Å². The Bertz CT molecular complexity index is 1460. The van der Waals surface area contributed by atoms with Crippen LogP contribution >= 0.6 is 50.5 Å². The predicted molar refractivity (Wildman–Crippen MR) is 148 cm³/mol. The van der Waals surface area contributed by atoms with E-state index in [-0.39, 0.29) is 29.2 Å². The zero-order chi connectivity index (χ0) is 27.0. The molecule has 0 amide bonds. The highest BCUT2D eigenvalue weighted by atomic mass is 79.9. The molecule has 0 spiro atoms. The average Bonchev–Trinajstić information content (AvgIpc) is 3.56. The van der Waals surface area contributed by atoms with Crippen molar-refractivity contribution < 1.29 is 19.0 Å². The first-order valence-electron chi connectivity index (χ1n) is 11.6. The summed E-state index contributed by atoms with van der Waals surface area (Å²) in [6, 6.07) is 14.2. The van der Waals surface area contributed by atoms with Gasteiger partial charge in [0.05, 0.1) is 22.7 Å². The largest absolute Gasteiger partial charge is 0.490 e. The minimum atomic E-state index is -0.556. The van der Waals surface area contributed by atoms with Gasteiger partial charge in [0.2, 0.25) is 5.88 Å². The molecule has 0 bridgehead atoms. The van der Waals surface area contributed by atoms with E-state index in [9.17, 15) is 10.1 Å². The van der Waals surface area contributed by atoms with Crippen LogP contribution in [0.1, 0.15) is 39.7 Å². The number of fused-ring (bicyclic) bond motifs is 1. The lowest BCUT2D eigenvalue weighted by molar-refractivity contribution is 0.0340. The predicted octanol–water partition coefficient (Wildman–Crippen LogP) is 6.03. The van der Waals surface area contributed by atoms with Gasteiger partial charge < -0.3 is 19.9 Å². The Morgan fingerprint density at radius 1 is 1.26 bits per heavy atom. The van der Waals surface area contributed by atoms with Gasteiger partial charge in [-0.3, -0.25) is 0 Å². The Hall–Kier alpha value is -2.78. The van der Waals surface area contributed by atoms with E-state index in [1.165, 1.54) is 11.3 Å². The molecule has 4 N–H and O–H groups in total. The average molecular weight is 636 g/mol. The van der Waals surface area contributed by atoms with E-state index >= 15 is 0 Å². The van der Waals surface area contributed by atoms with Crippen LogP contribution in [0.2, 0.25) is 10.0 Å². The number of carbonyl (C=O) groups excluding carboxylic acids is 1. The van der Waals surface area contributed by atoms with Crippen LogP contribution in [-0.4, -0.2) is 18.8 Å². The van der Waals surface area contributed by atoms with Gasteiger partial charge in [-0.05, 0) is 69.7 Å². The summed E-state index contributed by atoms with van der Waals surface area (Å²) >= 11 is 17.5. The number of nitrogens with two attached hydrogens (primary N) is 1. The third-order valence-corrected chi connectivity index (χ3v) is 8.36. The van der Waals surface area contributed by atoms with Gasteiger partial charge in [-0.15, -0.1) is 11.3 Å². The highest BCUT2D eigenvalue weighted by molar-refractivity contribution is 9.10. The number of ether oxygens (including phenoxy) is 3. The molecule has 2 aliphatic rings. The minimum absolute atomic E-state index is 0.0261. The molecule has 0 radical (unpaired) electrons. The lowest BCUT2D eigenvalue weighted by Gasteiger charge is -2.36. The molecule has 1 saturated heterocycles. The highest BCUT2D eigenvalue weighted by Gasteiger charge is 2.50. The lowest BCUT2D eigenvalue weighted by atomic mass is 9.74. The van der Waals surface area contributed by atoms with Gasteiger partial charge in [-0.2, -0.15) is 5.26 Å². The zero-order valence-corrected chi connectivity index (χ0v) is 23.7. The quantitative estimate of drug-likeness (QED) is 0.222. The molecule has 8 nitrogen and oxygen atoms in total. The number of allylic oxidation sites excluding steroid dienone is 1. The summed E-state index contributed by atoms with van der Waals surface area (Å²) < 4.78 is 18.0. The summed E-state index contributed by atoms with van der Waals surface area (Å²) in [4.78, 5) is 13.2. The van der Waals surface area contributed by atoms with Crippen molar-refractivity contribution in [1.29, 1.82) is 5.26 Å². The van der Waals surface area contributed by atoms with Gasteiger partial charge in [0, 0.05) is 21.9 Å². The molecule has 3 heterocycles. The molecule has 12 heteroatoms. The molecule has 4 unspecified atom stereocenters. The molecule has 1 aromatic heterocycles. The minimum Gasteiger partial charge on any atom is -0.490 e. The maximum absolute atomic E-state index is 12.7. The smallest absolute Gasteiger partial charge is 0.353 e. The van der Waals surface area contributed by atoms with Crippen LogP contribution in [0.15, 0.2) is 63.8 Å². The Labute approximate surface area is 241 Å². The van der Waals surface area contributed by atoms with Gasteiger partial charge in [0.25, 0.3) is 0 Å². The molecule has 2 aliphatic heterocycles. The normalized spacial score (nSPS) is 22.4. The van der Waals surface area contributed by atoms with Crippen LogP contribution in [0.5, 0.6) is 11.5 Å². The second-order valence-corrected chi connectivity index (χ2v) is 11.2. The van der Waals surface area contributed by atoms with Crippen molar-refractivity contribution in [2.45, 2.75) is 25.1 Å². The fraction of sp³-hybridized carbons (Fsp3) is 0.231. The molecule has 1 fully saturated rings. The molecule has 4 atom stereocenters. The highest BCUT2D eigenvalue weighted by Crippen LogP contribution is 2.51. The number of nitrogens with zero attached hydrogens (tertiary/aromatic N) is 1. The molecule has 3 aromatic rings. The first-order valence-corrected chi connectivity index (χ1v) is 14.0. The molecule has 5 rings (SSSR count). The Morgan fingerprint density at radius 3 is 2.76 bits per heavy atom. The number of rotatable bonds is 6. The summed E-state index contributed by atoms with van der Waals surface area (Å²) in [6.45, 7) is 2.16. The lowest BCUT2D eigenvalue weighted by Crippen LogP contribution is -2.41. The molecule has 0 saturated carbocycles. The van der Waals surface area contributed by atoms with Crippen molar-refractivity contribution in [3.05, 3.63) is 89.8 Å². The Kier molecular flexibility index (Phi) is 7.86. The number of carbonyl (C=O) groups is 1. The van der Waals surface area contributed by atoms with Gasteiger partial charge in [-0.25, -0.2) is 15.6 Å². The number of hydrazine groups is 1. The first-order chi connectivity index (χ1) is 18.3. The fourth-order valence-corrected chi connectivity index (χ4v) is 6.45. The van der Waals surface area contributed by atoms with Crippen molar-refractivity contribution in [2.24, 2.45) is 11.7 Å². The van der Waals surface area contributed by atoms with Crippen LogP contribution in [-0.2, 0) is 4.74 Å². The second kappa shape index (κ2) is 11.1. The Balaban J connectivity index is 1.60. The summed E-state index contributed by atoms with van der Waals surface area (Å²) in [7, 11) is 0.